The smallest absolute Gasteiger partial charge is 0.0671 e. The van der Waals surface area contributed by atoms with Gasteiger partial charge in [-0.05, 0) is 39.3 Å². The van der Waals surface area contributed by atoms with Crippen LogP contribution in [0.25, 0.3) is 0 Å². The number of aromatic nitrogens is 1. The zero-order valence-electron chi connectivity index (χ0n) is 9.39. The molecule has 0 aromatic carbocycles. The normalized spacial score (nSPS) is 11.4. The molecule has 0 aliphatic heterocycles. The second kappa shape index (κ2) is 4.42. The van der Waals surface area contributed by atoms with Crippen LogP contribution < -0.4 is 10.9 Å². The molecule has 1 rings (SSSR count). The highest BCUT2D eigenvalue weighted by molar-refractivity contribution is 5.39. The molecule has 1 heterocycles. The highest BCUT2D eigenvalue weighted by atomic mass is 15.4. The molecule has 3 nitrogen and oxygen atoms in total. The number of nitrogens with one attached hydrogen (secondary N) is 2. The monoisotopic (exact) mass is 193 g/mol. The van der Waals surface area contributed by atoms with Crippen LogP contribution in [0.1, 0.15) is 33.4 Å². The zero-order chi connectivity index (χ0) is 10.6. The first-order valence-electron chi connectivity index (χ1n) is 4.99. The van der Waals surface area contributed by atoms with Gasteiger partial charge >= 0.3 is 0 Å². The molecule has 0 amide bonds. The number of rotatable bonds is 3. The summed E-state index contributed by atoms with van der Waals surface area (Å²) in [5.74, 6) is 0. The van der Waals surface area contributed by atoms with E-state index in [0.717, 1.165) is 17.8 Å². The molecule has 0 radical (unpaired) electrons. The van der Waals surface area contributed by atoms with Crippen molar-refractivity contribution >= 4 is 5.69 Å². The first kappa shape index (κ1) is 11.0. The van der Waals surface area contributed by atoms with E-state index in [0.29, 0.717) is 0 Å². The third-order valence-corrected chi connectivity index (χ3v) is 1.77. The summed E-state index contributed by atoms with van der Waals surface area (Å²) in [6.07, 6.45) is 2.82. The molecule has 14 heavy (non-hydrogen) atoms. The maximum Gasteiger partial charge on any atom is 0.0671 e. The Bertz CT molecular complexity index is 272. The molecule has 0 aliphatic carbocycles. The molecular formula is C11H19N3. The van der Waals surface area contributed by atoms with Crippen molar-refractivity contribution in [2.75, 3.05) is 5.43 Å². The molecule has 1 aromatic rings. The average Bonchev–Trinajstić information content (AvgIpc) is 2.14. The number of nitrogens with zero attached hydrogens (tertiary/aromatic N) is 1. The van der Waals surface area contributed by atoms with Crippen molar-refractivity contribution in [3.8, 4) is 0 Å². The number of hydrazine groups is 1. The maximum atomic E-state index is 4.30. The Hall–Kier alpha value is -1.09. The quantitative estimate of drug-likeness (QED) is 0.724. The minimum Gasteiger partial charge on any atom is -0.319 e. The average molecular weight is 193 g/mol. The van der Waals surface area contributed by atoms with E-state index in [9.17, 15) is 0 Å². The van der Waals surface area contributed by atoms with Gasteiger partial charge in [-0.15, -0.1) is 0 Å². The number of aryl methyl sites for hydroxylation is 1. The predicted octanol–water partition coefficient (Wildman–Crippen LogP) is 2.36. The standard InChI is InChI=1S/C11H19N3/c1-5-9-6-7-10(8-12-9)13-14-11(2,3)4/h6-8,13-14H,5H2,1-4H3. The van der Waals surface area contributed by atoms with Crippen molar-refractivity contribution in [2.45, 2.75) is 39.7 Å². The lowest BCUT2D eigenvalue weighted by Gasteiger charge is -2.21. The van der Waals surface area contributed by atoms with E-state index in [1.165, 1.54) is 0 Å². The van der Waals surface area contributed by atoms with Crippen LogP contribution in [0.3, 0.4) is 0 Å². The van der Waals surface area contributed by atoms with Crippen LogP contribution in [0.4, 0.5) is 5.69 Å². The van der Waals surface area contributed by atoms with Crippen LogP contribution >= 0.6 is 0 Å². The van der Waals surface area contributed by atoms with Crippen molar-refractivity contribution in [1.82, 2.24) is 10.4 Å². The summed E-state index contributed by atoms with van der Waals surface area (Å²) in [4.78, 5) is 4.30. The summed E-state index contributed by atoms with van der Waals surface area (Å²) in [6, 6.07) is 4.07. The molecule has 0 atom stereocenters. The molecule has 3 heteroatoms. The van der Waals surface area contributed by atoms with E-state index < -0.39 is 0 Å². The van der Waals surface area contributed by atoms with E-state index in [1.54, 1.807) is 0 Å². The minimum absolute atomic E-state index is 0.0590. The van der Waals surface area contributed by atoms with Gasteiger partial charge in [0.15, 0.2) is 0 Å². The Morgan fingerprint density at radius 1 is 1.29 bits per heavy atom. The van der Waals surface area contributed by atoms with Gasteiger partial charge in [0.05, 0.1) is 11.9 Å². The Morgan fingerprint density at radius 3 is 2.43 bits per heavy atom. The van der Waals surface area contributed by atoms with Gasteiger partial charge in [-0.1, -0.05) is 6.92 Å². The lowest BCUT2D eigenvalue weighted by molar-refractivity contribution is 0.465. The third-order valence-electron chi connectivity index (χ3n) is 1.77. The number of hydrogen-bond acceptors (Lipinski definition) is 3. The highest BCUT2D eigenvalue weighted by Gasteiger charge is 2.07. The van der Waals surface area contributed by atoms with Crippen LogP contribution in [-0.4, -0.2) is 10.5 Å². The molecule has 78 valence electrons. The van der Waals surface area contributed by atoms with Gasteiger partial charge in [0, 0.05) is 11.2 Å². The van der Waals surface area contributed by atoms with E-state index in [2.05, 4.69) is 43.5 Å². The van der Waals surface area contributed by atoms with Crippen LogP contribution in [0.2, 0.25) is 0 Å². The first-order chi connectivity index (χ1) is 6.51. The van der Waals surface area contributed by atoms with Crippen molar-refractivity contribution in [3.63, 3.8) is 0 Å². The molecule has 0 spiro atoms. The Morgan fingerprint density at radius 2 is 2.00 bits per heavy atom. The lowest BCUT2D eigenvalue weighted by atomic mass is 10.1. The summed E-state index contributed by atoms with van der Waals surface area (Å²) in [6.45, 7) is 8.42. The van der Waals surface area contributed by atoms with Gasteiger partial charge < -0.3 is 5.43 Å². The summed E-state index contributed by atoms with van der Waals surface area (Å²) < 4.78 is 0. The molecule has 0 bridgehead atoms. The molecule has 1 aromatic heterocycles. The van der Waals surface area contributed by atoms with Crippen LogP contribution in [0.15, 0.2) is 18.3 Å². The molecule has 0 fully saturated rings. The van der Waals surface area contributed by atoms with E-state index in [1.807, 2.05) is 18.3 Å². The molecule has 0 saturated carbocycles. The molecule has 2 N–H and O–H groups in total. The number of pyridine rings is 1. The van der Waals surface area contributed by atoms with Gasteiger partial charge in [-0.25, -0.2) is 5.43 Å². The summed E-state index contributed by atoms with van der Waals surface area (Å²) in [7, 11) is 0. The second-order valence-corrected chi connectivity index (χ2v) is 4.39. The fraction of sp³-hybridized carbons (Fsp3) is 0.545. The zero-order valence-corrected chi connectivity index (χ0v) is 9.39. The second-order valence-electron chi connectivity index (χ2n) is 4.39. The van der Waals surface area contributed by atoms with E-state index >= 15 is 0 Å². The van der Waals surface area contributed by atoms with Crippen molar-refractivity contribution in [2.24, 2.45) is 0 Å². The third kappa shape index (κ3) is 3.75. The summed E-state index contributed by atoms with van der Waals surface area (Å²) in [5.41, 5.74) is 8.48. The van der Waals surface area contributed by atoms with E-state index in [-0.39, 0.29) is 5.54 Å². The summed E-state index contributed by atoms with van der Waals surface area (Å²) >= 11 is 0. The van der Waals surface area contributed by atoms with Crippen LogP contribution in [0.5, 0.6) is 0 Å². The van der Waals surface area contributed by atoms with Crippen LogP contribution in [-0.2, 0) is 6.42 Å². The Kier molecular flexibility index (Phi) is 3.47. The van der Waals surface area contributed by atoms with Gasteiger partial charge in [0.25, 0.3) is 0 Å². The van der Waals surface area contributed by atoms with Crippen molar-refractivity contribution in [3.05, 3.63) is 24.0 Å². The van der Waals surface area contributed by atoms with Crippen molar-refractivity contribution < 1.29 is 0 Å². The molecule has 0 aliphatic rings. The summed E-state index contributed by atoms with van der Waals surface area (Å²) in [5, 5.41) is 0. The Labute approximate surface area is 85.9 Å². The highest BCUT2D eigenvalue weighted by Crippen LogP contribution is 2.07. The molecule has 0 saturated heterocycles. The number of hydrogen-bond donors (Lipinski definition) is 2. The fourth-order valence-corrected chi connectivity index (χ4v) is 0.967. The molecular weight excluding hydrogens is 174 g/mol. The first-order valence-corrected chi connectivity index (χ1v) is 4.99. The topological polar surface area (TPSA) is 37.0 Å². The van der Waals surface area contributed by atoms with Gasteiger partial charge in [0.2, 0.25) is 0 Å². The SMILES string of the molecule is CCc1ccc(NNC(C)(C)C)cn1. The lowest BCUT2D eigenvalue weighted by Crippen LogP contribution is -2.40. The van der Waals surface area contributed by atoms with Crippen LogP contribution in [0, 0.1) is 0 Å². The van der Waals surface area contributed by atoms with Crippen molar-refractivity contribution in [1.29, 1.82) is 0 Å². The number of anilines is 1. The maximum absolute atomic E-state index is 4.30. The van der Waals surface area contributed by atoms with E-state index in [4.69, 9.17) is 0 Å². The fourth-order valence-electron chi connectivity index (χ4n) is 0.967. The largest absolute Gasteiger partial charge is 0.319 e. The molecule has 0 unspecified atom stereocenters. The van der Waals surface area contributed by atoms with Gasteiger partial charge in [-0.2, -0.15) is 0 Å². The predicted molar refractivity (Wildman–Crippen MR) is 60.1 cm³/mol. The van der Waals surface area contributed by atoms with Gasteiger partial charge in [-0.3, -0.25) is 4.98 Å². The Balaban J connectivity index is 2.52. The van der Waals surface area contributed by atoms with Gasteiger partial charge in [0.1, 0.15) is 0 Å². The minimum atomic E-state index is 0.0590.